The van der Waals surface area contributed by atoms with Crippen molar-refractivity contribution >= 4 is 55.3 Å². The fourth-order valence-corrected chi connectivity index (χ4v) is 8.97. The molecular formula is C52H33N3O2. The van der Waals surface area contributed by atoms with Gasteiger partial charge in [-0.3, -0.25) is 0 Å². The Morgan fingerprint density at radius 3 is 2.07 bits per heavy atom. The SMILES string of the molecule is C1=CC2c3ccc4c(oc5c(-c6cc(-c7cccc(-c8ccccc8)c7)nc(-c7ccc8c(c7)oc7ccccc78)n6)cccc54)c3N(c3ccccc3)C2C=C1. The predicted molar refractivity (Wildman–Crippen MR) is 232 cm³/mol. The molecule has 0 amide bonds. The van der Waals surface area contributed by atoms with Crippen molar-refractivity contribution in [1.29, 1.82) is 0 Å². The molecule has 0 saturated heterocycles. The quantitative estimate of drug-likeness (QED) is 0.176. The van der Waals surface area contributed by atoms with Crippen LogP contribution in [0.15, 0.2) is 197 Å². The lowest BCUT2D eigenvalue weighted by Gasteiger charge is -2.28. The molecule has 4 heterocycles. The highest BCUT2D eigenvalue weighted by molar-refractivity contribution is 6.14. The Balaban J connectivity index is 1.07. The number of para-hydroxylation sites is 3. The Bertz CT molecular complexity index is 3270. The molecule has 57 heavy (non-hydrogen) atoms. The first-order valence-electron chi connectivity index (χ1n) is 19.4. The first kappa shape index (κ1) is 31.8. The third-order valence-corrected chi connectivity index (χ3v) is 11.6. The second-order valence-electron chi connectivity index (χ2n) is 14.9. The standard InChI is InChI=1S/C52H33N3O2/c1-3-13-32(14-4-1)33-15-11-16-34(29-33)44-31-45(54-52(53-44)35-25-26-39-38-20-8-10-24-47(38)56-48(39)30-35)43-22-12-21-41-42-28-27-40-37-19-7-9-23-46(37)55(36-17-5-2-6-18-36)49(40)51(42)57-50(41)43/h1-31,37,46H. The summed E-state index contributed by atoms with van der Waals surface area (Å²) < 4.78 is 13.5. The van der Waals surface area contributed by atoms with Crippen LogP contribution in [0, 0.1) is 0 Å². The number of furan rings is 2. The second kappa shape index (κ2) is 12.5. The molecule has 0 N–H and O–H groups in total. The van der Waals surface area contributed by atoms with E-state index in [1.54, 1.807) is 0 Å². The molecule has 5 heteroatoms. The van der Waals surface area contributed by atoms with Gasteiger partial charge in [0.15, 0.2) is 11.4 Å². The molecule has 0 bridgehead atoms. The third-order valence-electron chi connectivity index (χ3n) is 11.6. The van der Waals surface area contributed by atoms with Gasteiger partial charge in [-0.05, 0) is 65.2 Å². The maximum Gasteiger partial charge on any atom is 0.160 e. The highest BCUT2D eigenvalue weighted by atomic mass is 16.3. The lowest BCUT2D eigenvalue weighted by Crippen LogP contribution is -2.28. The molecule has 5 nitrogen and oxygen atoms in total. The smallest absolute Gasteiger partial charge is 0.160 e. The Morgan fingerprint density at radius 1 is 0.456 bits per heavy atom. The lowest BCUT2D eigenvalue weighted by atomic mass is 9.91. The van der Waals surface area contributed by atoms with E-state index in [4.69, 9.17) is 18.8 Å². The summed E-state index contributed by atoms with van der Waals surface area (Å²) in [5.74, 6) is 0.840. The van der Waals surface area contributed by atoms with E-state index in [9.17, 15) is 0 Å². The molecule has 1 aliphatic carbocycles. The van der Waals surface area contributed by atoms with Crippen molar-refractivity contribution in [1.82, 2.24) is 9.97 Å². The zero-order valence-corrected chi connectivity index (χ0v) is 30.7. The summed E-state index contributed by atoms with van der Waals surface area (Å²) in [6.07, 6.45) is 8.93. The molecule has 2 atom stereocenters. The fraction of sp³-hybridized carbons (Fsp3) is 0.0385. The van der Waals surface area contributed by atoms with Gasteiger partial charge in [0.2, 0.25) is 0 Å². The number of anilines is 2. The molecule has 0 radical (unpaired) electrons. The van der Waals surface area contributed by atoms with E-state index in [0.29, 0.717) is 5.82 Å². The van der Waals surface area contributed by atoms with Gasteiger partial charge in [0, 0.05) is 49.8 Å². The number of hydrogen-bond acceptors (Lipinski definition) is 5. The molecule has 3 aromatic heterocycles. The van der Waals surface area contributed by atoms with Gasteiger partial charge in [-0.1, -0.05) is 140 Å². The van der Waals surface area contributed by atoms with E-state index >= 15 is 0 Å². The summed E-state index contributed by atoms with van der Waals surface area (Å²) in [6.45, 7) is 0. The van der Waals surface area contributed by atoms with Crippen molar-refractivity contribution in [2.24, 2.45) is 0 Å². The number of allylic oxidation sites excluding steroid dienone is 2. The van der Waals surface area contributed by atoms with Gasteiger partial charge in [0.25, 0.3) is 0 Å². The molecule has 2 unspecified atom stereocenters. The zero-order chi connectivity index (χ0) is 37.5. The number of nitrogens with zero attached hydrogens (tertiary/aromatic N) is 3. The first-order valence-corrected chi connectivity index (χ1v) is 19.4. The van der Waals surface area contributed by atoms with Crippen LogP contribution < -0.4 is 4.90 Å². The maximum absolute atomic E-state index is 7.13. The summed E-state index contributed by atoms with van der Waals surface area (Å²) >= 11 is 0. The number of fused-ring (bicyclic) bond motifs is 10. The minimum atomic E-state index is 0.161. The van der Waals surface area contributed by atoms with E-state index in [0.717, 1.165) is 94.5 Å². The van der Waals surface area contributed by atoms with Crippen LogP contribution in [0.5, 0.6) is 0 Å². The molecule has 0 saturated carbocycles. The van der Waals surface area contributed by atoms with Gasteiger partial charge in [-0.2, -0.15) is 0 Å². The number of rotatable bonds is 5. The number of hydrogen-bond donors (Lipinski definition) is 0. The highest BCUT2D eigenvalue weighted by Gasteiger charge is 2.40. The average Bonchev–Trinajstić information content (AvgIpc) is 3.96. The topological polar surface area (TPSA) is 55.3 Å². The highest BCUT2D eigenvalue weighted by Crippen LogP contribution is 2.52. The molecule has 0 fully saturated rings. The zero-order valence-electron chi connectivity index (χ0n) is 30.7. The van der Waals surface area contributed by atoms with Crippen molar-refractivity contribution in [2.45, 2.75) is 12.0 Å². The van der Waals surface area contributed by atoms with Crippen LogP contribution in [0.2, 0.25) is 0 Å². The van der Waals surface area contributed by atoms with Gasteiger partial charge in [0.05, 0.1) is 23.1 Å². The van der Waals surface area contributed by atoms with Crippen molar-refractivity contribution in [3.63, 3.8) is 0 Å². The summed E-state index contributed by atoms with van der Waals surface area (Å²) in [5.41, 5.74) is 13.5. The van der Waals surface area contributed by atoms with Crippen molar-refractivity contribution < 1.29 is 8.83 Å². The average molecular weight is 732 g/mol. The van der Waals surface area contributed by atoms with Gasteiger partial charge in [-0.25, -0.2) is 9.97 Å². The molecular weight excluding hydrogens is 699 g/mol. The van der Waals surface area contributed by atoms with E-state index in [1.165, 1.54) is 5.56 Å². The Morgan fingerprint density at radius 2 is 1.16 bits per heavy atom. The first-order chi connectivity index (χ1) is 28.2. The van der Waals surface area contributed by atoms with E-state index in [2.05, 4.69) is 169 Å². The summed E-state index contributed by atoms with van der Waals surface area (Å²) in [5, 5.41) is 4.29. The van der Waals surface area contributed by atoms with Gasteiger partial charge < -0.3 is 13.7 Å². The number of benzene rings is 7. The minimum absolute atomic E-state index is 0.161. The van der Waals surface area contributed by atoms with Crippen LogP contribution in [0.1, 0.15) is 11.5 Å². The van der Waals surface area contributed by atoms with Gasteiger partial charge in [-0.15, -0.1) is 0 Å². The minimum Gasteiger partial charge on any atom is -0.456 e. The van der Waals surface area contributed by atoms with Crippen LogP contribution in [0.4, 0.5) is 11.4 Å². The van der Waals surface area contributed by atoms with E-state index in [-0.39, 0.29) is 12.0 Å². The summed E-state index contributed by atoms with van der Waals surface area (Å²) in [6, 6.07) is 57.3. The van der Waals surface area contributed by atoms with Crippen LogP contribution in [-0.2, 0) is 0 Å². The van der Waals surface area contributed by atoms with Crippen molar-refractivity contribution in [3.05, 3.63) is 194 Å². The van der Waals surface area contributed by atoms with Gasteiger partial charge in [0.1, 0.15) is 16.7 Å². The number of aromatic nitrogens is 2. The predicted octanol–water partition coefficient (Wildman–Crippen LogP) is 13.7. The van der Waals surface area contributed by atoms with Crippen molar-refractivity contribution in [2.75, 3.05) is 4.90 Å². The van der Waals surface area contributed by atoms with Crippen molar-refractivity contribution in [3.8, 4) is 45.0 Å². The van der Waals surface area contributed by atoms with Crippen LogP contribution in [0.25, 0.3) is 88.9 Å². The largest absolute Gasteiger partial charge is 0.456 e. The molecule has 0 spiro atoms. The van der Waals surface area contributed by atoms with E-state index in [1.807, 2.05) is 24.3 Å². The second-order valence-corrected chi connectivity index (χ2v) is 14.9. The van der Waals surface area contributed by atoms with Crippen LogP contribution in [-0.4, -0.2) is 16.0 Å². The van der Waals surface area contributed by atoms with Crippen LogP contribution in [0.3, 0.4) is 0 Å². The normalized spacial score (nSPS) is 15.9. The van der Waals surface area contributed by atoms with Crippen LogP contribution >= 0.6 is 0 Å². The fourth-order valence-electron chi connectivity index (χ4n) is 8.97. The Kier molecular flexibility index (Phi) is 6.99. The Hall–Kier alpha value is -7.50. The van der Waals surface area contributed by atoms with E-state index < -0.39 is 0 Å². The van der Waals surface area contributed by atoms with Gasteiger partial charge >= 0.3 is 0 Å². The maximum atomic E-state index is 7.13. The monoisotopic (exact) mass is 731 g/mol. The molecule has 2 aliphatic rings. The Labute approximate surface area is 328 Å². The molecule has 7 aromatic carbocycles. The summed E-state index contributed by atoms with van der Waals surface area (Å²) in [4.78, 5) is 13.0. The molecule has 10 aromatic rings. The molecule has 12 rings (SSSR count). The summed E-state index contributed by atoms with van der Waals surface area (Å²) in [7, 11) is 0. The third kappa shape index (κ3) is 5.02. The lowest BCUT2D eigenvalue weighted by molar-refractivity contribution is 0.668. The molecule has 1 aliphatic heterocycles. The molecule has 268 valence electrons.